The van der Waals surface area contributed by atoms with Crippen molar-refractivity contribution in [3.05, 3.63) is 77.2 Å². The lowest BCUT2D eigenvalue weighted by atomic mass is 10.0. The van der Waals surface area contributed by atoms with Gasteiger partial charge in [-0.2, -0.15) is 0 Å². The molecule has 0 saturated carbocycles. The van der Waals surface area contributed by atoms with Gasteiger partial charge < -0.3 is 9.42 Å². The number of rotatable bonds is 2. The molecule has 2 aromatic carbocycles. The second kappa shape index (κ2) is 5.09. The molecule has 0 atom stereocenters. The summed E-state index contributed by atoms with van der Waals surface area (Å²) in [5.41, 5.74) is 5.80. The third-order valence-electron chi connectivity index (χ3n) is 4.49. The monoisotopic (exact) mass is 304 g/mol. The normalized spacial score (nSPS) is 12.8. The molecule has 1 aliphatic carbocycles. The van der Waals surface area contributed by atoms with E-state index in [4.69, 9.17) is 4.52 Å². The second-order valence-corrected chi connectivity index (χ2v) is 5.81. The molecule has 1 amide bonds. The van der Waals surface area contributed by atoms with E-state index in [9.17, 15) is 4.79 Å². The predicted molar refractivity (Wildman–Crippen MR) is 87.1 cm³/mol. The molecule has 4 heteroatoms. The summed E-state index contributed by atoms with van der Waals surface area (Å²) in [7, 11) is 1.83. The van der Waals surface area contributed by atoms with Gasteiger partial charge in [-0.1, -0.05) is 53.7 Å². The van der Waals surface area contributed by atoms with E-state index in [0.717, 1.165) is 11.1 Å². The Bertz CT molecular complexity index is 852. The van der Waals surface area contributed by atoms with Crippen LogP contribution in [0, 0.1) is 6.92 Å². The summed E-state index contributed by atoms with van der Waals surface area (Å²) in [5, 5.41) is 3.81. The lowest BCUT2D eigenvalue weighted by Crippen LogP contribution is -2.31. The highest BCUT2D eigenvalue weighted by molar-refractivity contribution is 5.96. The molecule has 1 aliphatic rings. The highest BCUT2D eigenvalue weighted by Gasteiger charge is 2.34. The molecule has 0 aliphatic heterocycles. The lowest BCUT2D eigenvalue weighted by Gasteiger charge is -2.26. The molecule has 1 aromatic heterocycles. The second-order valence-electron chi connectivity index (χ2n) is 5.81. The van der Waals surface area contributed by atoms with Crippen LogP contribution in [0.2, 0.25) is 0 Å². The smallest absolute Gasteiger partial charge is 0.259 e. The zero-order valence-electron chi connectivity index (χ0n) is 13.0. The summed E-state index contributed by atoms with van der Waals surface area (Å²) in [6.07, 6.45) is 1.42. The van der Waals surface area contributed by atoms with Crippen molar-refractivity contribution in [1.82, 2.24) is 10.1 Å². The largest absolute Gasteiger partial charge is 0.364 e. The van der Waals surface area contributed by atoms with Gasteiger partial charge in [0.1, 0.15) is 11.8 Å². The van der Waals surface area contributed by atoms with E-state index in [2.05, 4.69) is 29.4 Å². The van der Waals surface area contributed by atoms with Crippen LogP contribution >= 0.6 is 0 Å². The fourth-order valence-corrected chi connectivity index (χ4v) is 3.35. The van der Waals surface area contributed by atoms with Gasteiger partial charge in [-0.15, -0.1) is 0 Å². The molecule has 4 rings (SSSR count). The quantitative estimate of drug-likeness (QED) is 0.723. The van der Waals surface area contributed by atoms with E-state index in [-0.39, 0.29) is 11.9 Å². The third kappa shape index (κ3) is 1.99. The van der Waals surface area contributed by atoms with Crippen LogP contribution in [-0.4, -0.2) is 23.0 Å². The van der Waals surface area contributed by atoms with Crippen molar-refractivity contribution in [2.45, 2.75) is 13.0 Å². The maximum absolute atomic E-state index is 12.9. The van der Waals surface area contributed by atoms with Gasteiger partial charge in [-0.25, -0.2) is 0 Å². The fourth-order valence-electron chi connectivity index (χ4n) is 3.35. The number of nitrogens with zero attached hydrogens (tertiary/aromatic N) is 2. The van der Waals surface area contributed by atoms with Gasteiger partial charge >= 0.3 is 0 Å². The van der Waals surface area contributed by atoms with Crippen LogP contribution in [0.15, 0.2) is 59.3 Å². The number of aryl methyl sites for hydroxylation is 1. The van der Waals surface area contributed by atoms with Gasteiger partial charge in [-0.05, 0) is 29.2 Å². The molecular weight excluding hydrogens is 288 g/mol. The van der Waals surface area contributed by atoms with Gasteiger partial charge in [0.2, 0.25) is 0 Å². The van der Waals surface area contributed by atoms with Crippen LogP contribution in [0.4, 0.5) is 0 Å². The number of carbonyl (C=O) groups is 1. The van der Waals surface area contributed by atoms with Gasteiger partial charge in [0, 0.05) is 7.05 Å². The van der Waals surface area contributed by atoms with E-state index in [1.165, 1.54) is 17.4 Å². The number of amides is 1. The van der Waals surface area contributed by atoms with Crippen molar-refractivity contribution >= 4 is 5.91 Å². The number of hydrogen-bond acceptors (Lipinski definition) is 3. The average molecular weight is 304 g/mol. The number of benzene rings is 2. The summed E-state index contributed by atoms with van der Waals surface area (Å²) in [6.45, 7) is 1.78. The molecule has 0 N–H and O–H groups in total. The maximum Gasteiger partial charge on any atom is 0.259 e. The zero-order valence-corrected chi connectivity index (χ0v) is 13.0. The Morgan fingerprint density at radius 1 is 1.04 bits per heavy atom. The molecular formula is C19H16N2O2. The lowest BCUT2D eigenvalue weighted by molar-refractivity contribution is 0.0756. The number of hydrogen-bond donors (Lipinski definition) is 0. The predicted octanol–water partition coefficient (Wildman–Crippen LogP) is 3.83. The molecule has 1 heterocycles. The minimum Gasteiger partial charge on any atom is -0.364 e. The van der Waals surface area contributed by atoms with E-state index in [1.54, 1.807) is 11.8 Å². The minimum absolute atomic E-state index is 0.0831. The number of fused-ring (bicyclic) bond motifs is 3. The topological polar surface area (TPSA) is 46.3 Å². The Hall–Kier alpha value is -2.88. The van der Waals surface area contributed by atoms with Crippen LogP contribution in [0.25, 0.3) is 11.1 Å². The van der Waals surface area contributed by atoms with Crippen LogP contribution in [-0.2, 0) is 0 Å². The first kappa shape index (κ1) is 13.8. The standard InChI is InChI=1S/C19H16N2O2/c1-12-17(11-23-20-12)19(22)21(2)18-15-9-5-3-7-13(15)14-8-4-6-10-16(14)18/h3-11,18H,1-2H3. The van der Waals surface area contributed by atoms with E-state index >= 15 is 0 Å². The van der Waals surface area contributed by atoms with Crippen molar-refractivity contribution in [1.29, 1.82) is 0 Å². The fraction of sp³-hybridized carbons (Fsp3) is 0.158. The Kier molecular flexibility index (Phi) is 3.05. The van der Waals surface area contributed by atoms with Crippen molar-refractivity contribution in [3.63, 3.8) is 0 Å². The van der Waals surface area contributed by atoms with Gasteiger partial charge in [-0.3, -0.25) is 4.79 Å². The molecule has 0 bridgehead atoms. The summed E-state index contributed by atoms with van der Waals surface area (Å²) >= 11 is 0. The maximum atomic E-state index is 12.9. The highest BCUT2D eigenvalue weighted by Crippen LogP contribution is 2.46. The average Bonchev–Trinajstić information content (AvgIpc) is 3.15. The molecule has 0 radical (unpaired) electrons. The Morgan fingerprint density at radius 2 is 1.61 bits per heavy atom. The van der Waals surface area contributed by atoms with Gasteiger partial charge in [0.25, 0.3) is 5.91 Å². The van der Waals surface area contributed by atoms with Crippen LogP contribution in [0.5, 0.6) is 0 Å². The minimum atomic E-state index is -0.0933. The van der Waals surface area contributed by atoms with Crippen molar-refractivity contribution in [2.75, 3.05) is 7.05 Å². The van der Waals surface area contributed by atoms with E-state index < -0.39 is 0 Å². The van der Waals surface area contributed by atoms with Crippen molar-refractivity contribution < 1.29 is 9.32 Å². The summed E-state index contributed by atoms with van der Waals surface area (Å²) in [6, 6.07) is 16.4. The molecule has 0 spiro atoms. The van der Waals surface area contributed by atoms with Gasteiger partial charge in [0.05, 0.1) is 11.7 Å². The molecule has 114 valence electrons. The number of aromatic nitrogens is 1. The van der Waals surface area contributed by atoms with E-state index in [0.29, 0.717) is 11.3 Å². The van der Waals surface area contributed by atoms with Crippen LogP contribution in [0.1, 0.15) is 33.2 Å². The van der Waals surface area contributed by atoms with E-state index in [1.807, 2.05) is 31.3 Å². The SMILES string of the molecule is Cc1nocc1C(=O)N(C)C1c2ccccc2-c2ccccc21. The first-order valence-electron chi connectivity index (χ1n) is 7.55. The zero-order chi connectivity index (χ0) is 16.0. The molecule has 23 heavy (non-hydrogen) atoms. The summed E-state index contributed by atoms with van der Waals surface area (Å²) in [4.78, 5) is 14.6. The first-order chi connectivity index (χ1) is 11.2. The van der Waals surface area contributed by atoms with Crippen LogP contribution < -0.4 is 0 Å². The molecule has 0 fully saturated rings. The molecule has 0 unspecified atom stereocenters. The Balaban J connectivity index is 1.82. The Labute approximate surface area is 134 Å². The first-order valence-corrected chi connectivity index (χ1v) is 7.55. The molecule has 3 aromatic rings. The van der Waals surface area contributed by atoms with Crippen molar-refractivity contribution in [3.8, 4) is 11.1 Å². The van der Waals surface area contributed by atoms with Crippen molar-refractivity contribution in [2.24, 2.45) is 0 Å². The molecule has 4 nitrogen and oxygen atoms in total. The summed E-state index contributed by atoms with van der Waals surface area (Å²) in [5.74, 6) is -0.0831. The van der Waals surface area contributed by atoms with Gasteiger partial charge in [0.15, 0.2) is 0 Å². The summed E-state index contributed by atoms with van der Waals surface area (Å²) < 4.78 is 4.92. The number of carbonyl (C=O) groups excluding carboxylic acids is 1. The molecule has 0 saturated heterocycles. The Morgan fingerprint density at radius 3 is 2.13 bits per heavy atom. The highest BCUT2D eigenvalue weighted by atomic mass is 16.5. The third-order valence-corrected chi connectivity index (χ3v) is 4.49. The van der Waals surface area contributed by atoms with Crippen LogP contribution in [0.3, 0.4) is 0 Å².